The minimum atomic E-state index is -3.60. The van der Waals surface area contributed by atoms with Crippen LogP contribution >= 0.6 is 27.3 Å². The number of ether oxygens (including phenoxy) is 1. The summed E-state index contributed by atoms with van der Waals surface area (Å²) in [5.74, 6) is 0.628. The number of halogens is 1. The molecule has 0 aliphatic carbocycles. The number of anilines is 2. The summed E-state index contributed by atoms with van der Waals surface area (Å²) in [4.78, 5) is 0. The lowest BCUT2D eigenvalue weighted by atomic mass is 10.3. The van der Waals surface area contributed by atoms with E-state index in [0.717, 1.165) is 11.3 Å². The molecule has 2 aromatic rings. The van der Waals surface area contributed by atoms with Crippen LogP contribution in [0, 0.1) is 0 Å². The lowest BCUT2D eigenvalue weighted by Crippen LogP contribution is -2.11. The zero-order valence-corrected chi connectivity index (χ0v) is 13.1. The molecular weight excluding hydrogens is 352 g/mol. The van der Waals surface area contributed by atoms with E-state index in [4.69, 9.17) is 10.5 Å². The van der Waals surface area contributed by atoms with E-state index < -0.39 is 10.0 Å². The van der Waals surface area contributed by atoms with Gasteiger partial charge >= 0.3 is 0 Å². The monoisotopic (exact) mass is 362 g/mol. The number of nitrogen functional groups attached to an aromatic ring is 1. The molecule has 2 rings (SSSR count). The second-order valence-electron chi connectivity index (χ2n) is 3.65. The molecule has 0 fully saturated rings. The zero-order chi connectivity index (χ0) is 14.0. The first kappa shape index (κ1) is 14.2. The van der Waals surface area contributed by atoms with Crippen molar-refractivity contribution in [3.63, 3.8) is 0 Å². The van der Waals surface area contributed by atoms with Crippen molar-refractivity contribution in [3.05, 3.63) is 34.1 Å². The normalized spacial score (nSPS) is 11.3. The van der Waals surface area contributed by atoms with Crippen LogP contribution in [0.5, 0.6) is 5.75 Å². The van der Waals surface area contributed by atoms with E-state index in [1.165, 1.54) is 6.07 Å². The maximum atomic E-state index is 12.1. The molecule has 0 amide bonds. The number of nitrogens with one attached hydrogen (secondary N) is 1. The molecule has 0 saturated heterocycles. The Morgan fingerprint density at radius 2 is 2.11 bits per heavy atom. The molecule has 0 saturated carbocycles. The van der Waals surface area contributed by atoms with Gasteiger partial charge in [-0.05, 0) is 40.2 Å². The van der Waals surface area contributed by atoms with Crippen LogP contribution in [0.15, 0.2) is 38.3 Å². The van der Waals surface area contributed by atoms with Crippen molar-refractivity contribution in [2.75, 3.05) is 17.6 Å². The average Bonchev–Trinajstić information content (AvgIpc) is 2.76. The van der Waals surface area contributed by atoms with Crippen molar-refractivity contribution in [2.24, 2.45) is 0 Å². The number of thiophene rings is 1. The fourth-order valence-electron chi connectivity index (χ4n) is 1.41. The Morgan fingerprint density at radius 3 is 2.63 bits per heavy atom. The van der Waals surface area contributed by atoms with Gasteiger partial charge in [0, 0.05) is 11.1 Å². The van der Waals surface area contributed by atoms with E-state index in [2.05, 4.69) is 20.7 Å². The molecule has 0 radical (unpaired) electrons. The van der Waals surface area contributed by atoms with Gasteiger partial charge in [0.1, 0.15) is 9.96 Å². The minimum absolute atomic E-state index is 0.178. The highest BCUT2D eigenvalue weighted by molar-refractivity contribution is 9.10. The minimum Gasteiger partial charge on any atom is -0.496 e. The molecule has 19 heavy (non-hydrogen) atoms. The van der Waals surface area contributed by atoms with Crippen LogP contribution in [0.1, 0.15) is 0 Å². The van der Waals surface area contributed by atoms with Crippen LogP contribution in [-0.4, -0.2) is 15.5 Å². The molecule has 5 nitrogen and oxygen atoms in total. The molecule has 0 spiro atoms. The van der Waals surface area contributed by atoms with Crippen molar-refractivity contribution < 1.29 is 13.2 Å². The molecule has 0 unspecified atom stereocenters. The van der Waals surface area contributed by atoms with Crippen LogP contribution in [0.4, 0.5) is 11.4 Å². The summed E-state index contributed by atoms with van der Waals surface area (Å²) in [7, 11) is -2.06. The third-order valence-corrected chi connectivity index (χ3v) is 5.72. The molecule has 0 atom stereocenters. The van der Waals surface area contributed by atoms with Gasteiger partial charge in [0.25, 0.3) is 10.0 Å². The number of nitrogens with two attached hydrogens (primary N) is 1. The van der Waals surface area contributed by atoms with Crippen molar-refractivity contribution in [2.45, 2.75) is 4.21 Å². The fourth-order valence-corrected chi connectivity index (χ4v) is 4.08. The Balaban J connectivity index is 2.28. The first-order chi connectivity index (χ1) is 8.92. The predicted molar refractivity (Wildman–Crippen MR) is 80.2 cm³/mol. The van der Waals surface area contributed by atoms with E-state index in [0.29, 0.717) is 21.6 Å². The summed E-state index contributed by atoms with van der Waals surface area (Å²) in [5, 5.41) is 1.58. The van der Waals surface area contributed by atoms with E-state index >= 15 is 0 Å². The second kappa shape index (κ2) is 5.40. The van der Waals surface area contributed by atoms with E-state index in [9.17, 15) is 8.42 Å². The van der Waals surface area contributed by atoms with Crippen molar-refractivity contribution in [3.8, 4) is 5.75 Å². The fraction of sp³-hybridized carbons (Fsp3) is 0.0909. The number of hydrogen-bond donors (Lipinski definition) is 2. The summed E-state index contributed by atoms with van der Waals surface area (Å²) in [6, 6.07) is 6.35. The van der Waals surface area contributed by atoms with E-state index in [1.54, 1.807) is 30.7 Å². The third-order valence-electron chi connectivity index (χ3n) is 2.26. The van der Waals surface area contributed by atoms with Crippen LogP contribution < -0.4 is 15.2 Å². The standard InChI is InChI=1S/C11H11BrN2O3S2/c1-17-10-3-2-8(5-9(10)12)14-19(15,16)11-4-7(13)6-18-11/h2-6,14H,13H2,1H3. The Morgan fingerprint density at radius 1 is 1.37 bits per heavy atom. The number of benzene rings is 1. The van der Waals surface area contributed by atoms with Crippen LogP contribution in [-0.2, 0) is 10.0 Å². The Labute approximate surface area is 123 Å². The summed E-state index contributed by atoms with van der Waals surface area (Å²) >= 11 is 4.37. The molecule has 0 aliphatic rings. The number of rotatable bonds is 4. The molecule has 0 bridgehead atoms. The third kappa shape index (κ3) is 3.20. The zero-order valence-electron chi connectivity index (χ0n) is 9.88. The van der Waals surface area contributed by atoms with Crippen molar-refractivity contribution >= 4 is 48.7 Å². The van der Waals surface area contributed by atoms with Gasteiger partial charge in [0.15, 0.2) is 0 Å². The molecule has 102 valence electrons. The van der Waals surface area contributed by atoms with E-state index in [1.807, 2.05) is 0 Å². The Kier molecular flexibility index (Phi) is 4.02. The van der Waals surface area contributed by atoms with Gasteiger partial charge in [-0.15, -0.1) is 11.3 Å². The first-order valence-electron chi connectivity index (χ1n) is 5.13. The highest BCUT2D eigenvalue weighted by Gasteiger charge is 2.17. The first-order valence-corrected chi connectivity index (χ1v) is 8.28. The van der Waals surface area contributed by atoms with Gasteiger partial charge in [-0.1, -0.05) is 0 Å². The molecule has 3 N–H and O–H groups in total. The SMILES string of the molecule is COc1ccc(NS(=O)(=O)c2cc(N)cs2)cc1Br. The Bertz CT molecular complexity index is 698. The van der Waals surface area contributed by atoms with E-state index in [-0.39, 0.29) is 4.21 Å². The summed E-state index contributed by atoms with van der Waals surface area (Å²) in [6.07, 6.45) is 0. The average molecular weight is 363 g/mol. The lowest BCUT2D eigenvalue weighted by molar-refractivity contribution is 0.412. The largest absolute Gasteiger partial charge is 0.496 e. The second-order valence-corrected chi connectivity index (χ2v) is 7.33. The quantitative estimate of drug-likeness (QED) is 0.875. The van der Waals surface area contributed by atoms with Gasteiger partial charge in [-0.2, -0.15) is 0 Å². The van der Waals surface area contributed by atoms with Crippen LogP contribution in [0.25, 0.3) is 0 Å². The van der Waals surface area contributed by atoms with Gasteiger partial charge in [0.2, 0.25) is 0 Å². The molecular formula is C11H11BrN2O3S2. The number of hydrogen-bond acceptors (Lipinski definition) is 5. The van der Waals surface area contributed by atoms with Crippen molar-refractivity contribution in [1.29, 1.82) is 0 Å². The summed E-state index contributed by atoms with van der Waals surface area (Å²) in [6.45, 7) is 0. The molecule has 0 aliphatic heterocycles. The van der Waals surface area contributed by atoms with Gasteiger partial charge in [-0.3, -0.25) is 4.72 Å². The van der Waals surface area contributed by atoms with Crippen LogP contribution in [0.3, 0.4) is 0 Å². The molecule has 1 aromatic carbocycles. The summed E-state index contributed by atoms with van der Waals surface area (Å²) < 4.78 is 32.6. The highest BCUT2D eigenvalue weighted by atomic mass is 79.9. The van der Waals surface area contributed by atoms with Crippen LogP contribution in [0.2, 0.25) is 0 Å². The predicted octanol–water partition coefficient (Wildman–Crippen LogP) is 2.90. The molecule has 8 heteroatoms. The number of sulfonamides is 1. The summed E-state index contributed by atoms with van der Waals surface area (Å²) in [5.41, 5.74) is 6.40. The van der Waals surface area contributed by atoms with Gasteiger partial charge in [-0.25, -0.2) is 8.42 Å². The smallest absolute Gasteiger partial charge is 0.271 e. The Hall–Kier alpha value is -1.25. The maximum absolute atomic E-state index is 12.1. The molecule has 1 aromatic heterocycles. The molecule has 1 heterocycles. The lowest BCUT2D eigenvalue weighted by Gasteiger charge is -2.08. The van der Waals surface area contributed by atoms with Gasteiger partial charge < -0.3 is 10.5 Å². The van der Waals surface area contributed by atoms with Gasteiger partial charge in [0.05, 0.1) is 17.3 Å². The number of methoxy groups -OCH3 is 1. The highest BCUT2D eigenvalue weighted by Crippen LogP contribution is 2.30. The maximum Gasteiger partial charge on any atom is 0.271 e. The topological polar surface area (TPSA) is 81.4 Å². The van der Waals surface area contributed by atoms with Crippen molar-refractivity contribution in [1.82, 2.24) is 0 Å².